The molecule has 4 N–H and O–H groups in total. The fraction of sp³-hybridized carbons (Fsp3) is 0.256. The second-order valence-corrected chi connectivity index (χ2v) is 16.9. The van der Waals surface area contributed by atoms with Gasteiger partial charge in [0.25, 0.3) is 18.3 Å². The van der Waals surface area contributed by atoms with E-state index >= 15 is 13.6 Å². The number of thiazole rings is 1. The van der Waals surface area contributed by atoms with Gasteiger partial charge in [0.15, 0.2) is 0 Å². The molecule has 1 fully saturated rings. The van der Waals surface area contributed by atoms with E-state index in [-0.39, 0.29) is 63.0 Å². The minimum absolute atomic E-state index is 0.0238. The first kappa shape index (κ1) is 43.7. The van der Waals surface area contributed by atoms with E-state index in [9.17, 15) is 22.4 Å². The van der Waals surface area contributed by atoms with Crippen LogP contribution >= 0.6 is 34.9 Å². The lowest BCUT2D eigenvalue weighted by Crippen LogP contribution is -2.48. The molecule has 0 spiro atoms. The van der Waals surface area contributed by atoms with Crippen LogP contribution in [0.25, 0.3) is 21.3 Å². The first-order valence-corrected chi connectivity index (χ1v) is 21.8. The zero-order valence-corrected chi connectivity index (χ0v) is 35.7. The molecule has 2 heterocycles. The number of amides is 2. The minimum atomic E-state index is -3.50. The Morgan fingerprint density at radius 3 is 2.52 bits per heavy atom. The lowest BCUT2D eigenvalue weighted by molar-refractivity contribution is -0.122. The van der Waals surface area contributed by atoms with Crippen LogP contribution in [0.1, 0.15) is 57.2 Å². The van der Waals surface area contributed by atoms with Crippen molar-refractivity contribution in [3.05, 3.63) is 123 Å². The summed E-state index contributed by atoms with van der Waals surface area (Å²) in [5, 5.41) is 18.4. The molecule has 4 aromatic carbocycles. The van der Waals surface area contributed by atoms with Crippen molar-refractivity contribution in [2.24, 2.45) is 10.9 Å². The van der Waals surface area contributed by atoms with Gasteiger partial charge in [0.1, 0.15) is 35.4 Å². The molecule has 1 saturated carbocycles. The van der Waals surface area contributed by atoms with Gasteiger partial charge in [-0.2, -0.15) is 13.9 Å². The smallest absolute Gasteiger partial charge is 0.293 e. The van der Waals surface area contributed by atoms with Crippen molar-refractivity contribution in [3.63, 3.8) is 0 Å². The molecular formula is C43H36ClF6N9O2S2. The van der Waals surface area contributed by atoms with Crippen molar-refractivity contribution >= 4 is 86.5 Å². The zero-order chi connectivity index (χ0) is 44.9. The Morgan fingerprint density at radius 1 is 1.10 bits per heavy atom. The summed E-state index contributed by atoms with van der Waals surface area (Å²) < 4.78 is 92.7. The quantitative estimate of drug-likeness (QED) is 0.0348. The van der Waals surface area contributed by atoms with Crippen molar-refractivity contribution < 1.29 is 35.9 Å². The average Bonchev–Trinajstić information content (AvgIpc) is 3.64. The van der Waals surface area contributed by atoms with E-state index < -0.39 is 78.2 Å². The van der Waals surface area contributed by atoms with E-state index in [1.807, 2.05) is 18.2 Å². The summed E-state index contributed by atoms with van der Waals surface area (Å²) in [6.45, 7) is 2.37. The Bertz CT molecular complexity index is 2800. The number of carbonyl (C=O) groups is 2. The molecule has 2 amide bonds. The molecule has 2 aliphatic rings. The van der Waals surface area contributed by atoms with Gasteiger partial charge in [0, 0.05) is 37.4 Å². The number of halogens is 7. The van der Waals surface area contributed by atoms with Crippen molar-refractivity contribution in [2.75, 3.05) is 30.1 Å². The number of rotatable bonds is 15. The van der Waals surface area contributed by atoms with Gasteiger partial charge >= 0.3 is 0 Å². The van der Waals surface area contributed by atoms with Crippen LogP contribution in [0.2, 0.25) is 5.02 Å². The fourth-order valence-electron chi connectivity index (χ4n) is 8.32. The molecule has 2 aliphatic carbocycles. The van der Waals surface area contributed by atoms with E-state index in [0.717, 1.165) is 39.9 Å². The van der Waals surface area contributed by atoms with Crippen LogP contribution in [0.5, 0.6) is 0 Å². The van der Waals surface area contributed by atoms with Gasteiger partial charge in [-0.15, -0.1) is 11.3 Å². The molecule has 0 bridgehead atoms. The molecule has 63 heavy (non-hydrogen) atoms. The molecule has 11 nitrogen and oxygen atoms in total. The van der Waals surface area contributed by atoms with Crippen molar-refractivity contribution in [2.45, 2.75) is 43.7 Å². The van der Waals surface area contributed by atoms with Crippen molar-refractivity contribution in [3.8, 4) is 11.1 Å². The summed E-state index contributed by atoms with van der Waals surface area (Å²) in [6, 6.07) is 15.1. The third-order valence-electron chi connectivity index (χ3n) is 11.1. The Kier molecular flexibility index (Phi) is 12.0. The highest BCUT2D eigenvalue weighted by Crippen LogP contribution is 2.68. The second-order valence-electron chi connectivity index (χ2n) is 15.0. The molecule has 2 unspecified atom stereocenters. The standard InChI is InChI=1S/C43H36ClF6N9O2S2/c1-52-31-13-21(22-5-8-30-33(14-22)63-19-54-30)4-6-26(31)42(61)58(32-9-7-29(44)36(37(32)53-2)41(51)57-62-3)17-25(12-20-10-23(45)15-24(46)11-20)55-34(60)18-59-39-35(38(56-59)40(47)48)27-16-28(27)43(39,49)50/h4-11,13-15,19,25,27-28,40,53H,1,12,16-18H2,2-3H3,(H2,51,57)(H,55,60)/t25?,27-,28?/m0/s1. The van der Waals surface area contributed by atoms with E-state index in [0.29, 0.717) is 16.3 Å². The van der Waals surface area contributed by atoms with Crippen LogP contribution in [0.4, 0.5) is 43.4 Å². The number of anilines is 2. The molecule has 0 aliphatic heterocycles. The highest BCUT2D eigenvalue weighted by atomic mass is 35.5. The highest BCUT2D eigenvalue weighted by molar-refractivity contribution is 7.97. The Hall–Kier alpha value is -5.92. The summed E-state index contributed by atoms with van der Waals surface area (Å²) in [4.78, 5) is 38.9. The van der Waals surface area contributed by atoms with Crippen molar-refractivity contribution in [1.82, 2.24) is 24.8 Å². The lowest BCUT2D eigenvalue weighted by atomic mass is 10.00. The zero-order valence-electron chi connectivity index (χ0n) is 33.3. The van der Waals surface area contributed by atoms with Crippen LogP contribution in [0.3, 0.4) is 0 Å². The molecule has 0 radical (unpaired) electrons. The molecular weight excluding hydrogens is 888 g/mol. The lowest BCUT2D eigenvalue weighted by Gasteiger charge is -2.31. The second kappa shape index (κ2) is 17.3. The van der Waals surface area contributed by atoms with E-state index in [1.54, 1.807) is 37.0 Å². The van der Waals surface area contributed by atoms with Crippen LogP contribution in [0, 0.1) is 23.0 Å². The van der Waals surface area contributed by atoms with Gasteiger partial charge in [0.05, 0.1) is 55.0 Å². The summed E-state index contributed by atoms with van der Waals surface area (Å²) in [6.07, 6.45) is -1.76. The van der Waals surface area contributed by atoms with Gasteiger partial charge in [-0.3, -0.25) is 24.7 Å². The Balaban J connectivity index is 1.21. The van der Waals surface area contributed by atoms with Crippen molar-refractivity contribution in [1.29, 1.82) is 5.41 Å². The SMILES string of the molecule is C=Nc1cc(-c2ccc3ncsc3c2)ccc1C(=O)N(CC(Cc1cc(F)cc(F)c1)NC(=O)Cn1nc(C(F)F)c2c1C(F)(F)C1C[C@H]21)c1ccc(Cl)c(C(=N)NSC)c1NC. The van der Waals surface area contributed by atoms with Gasteiger partial charge in [-0.1, -0.05) is 35.7 Å². The first-order valence-electron chi connectivity index (χ1n) is 19.3. The third-order valence-corrected chi connectivity index (χ3v) is 12.6. The fourth-order valence-corrected chi connectivity index (χ4v) is 9.59. The van der Waals surface area contributed by atoms with Gasteiger partial charge in [0.2, 0.25) is 5.91 Å². The number of nitrogens with one attached hydrogen (secondary N) is 4. The molecule has 0 saturated heterocycles. The maximum absolute atomic E-state index is 15.5. The van der Waals surface area contributed by atoms with Crippen LogP contribution < -0.4 is 20.3 Å². The van der Waals surface area contributed by atoms with E-state index in [2.05, 4.69) is 37.1 Å². The number of amidine groups is 1. The number of alkyl halides is 4. The average molecular weight is 924 g/mol. The maximum atomic E-state index is 15.5. The molecule has 2 aromatic heterocycles. The predicted octanol–water partition coefficient (Wildman–Crippen LogP) is 9.88. The number of fused-ring (bicyclic) bond motifs is 4. The van der Waals surface area contributed by atoms with E-state index in [1.165, 1.54) is 28.4 Å². The van der Waals surface area contributed by atoms with Crippen LogP contribution in [-0.4, -0.2) is 65.0 Å². The summed E-state index contributed by atoms with van der Waals surface area (Å²) in [7, 11) is 1.55. The number of carbonyl (C=O) groups excluding carboxylic acids is 2. The summed E-state index contributed by atoms with van der Waals surface area (Å²) in [5.74, 6) is -9.09. The van der Waals surface area contributed by atoms with Gasteiger partial charge < -0.3 is 20.3 Å². The van der Waals surface area contributed by atoms with Crippen LogP contribution in [-0.2, 0) is 23.7 Å². The number of hydrogen-bond donors (Lipinski definition) is 4. The molecule has 3 atom stereocenters. The minimum Gasteiger partial charge on any atom is -0.386 e. The third kappa shape index (κ3) is 8.36. The topological polar surface area (TPSA) is 140 Å². The highest BCUT2D eigenvalue weighted by Gasteiger charge is 2.67. The first-order chi connectivity index (χ1) is 30.1. The summed E-state index contributed by atoms with van der Waals surface area (Å²) in [5.41, 5.74) is 3.09. The van der Waals surface area contributed by atoms with Crippen LogP contribution in [0.15, 0.2) is 77.2 Å². The Labute approximate surface area is 369 Å². The van der Waals surface area contributed by atoms with Gasteiger partial charge in [-0.25, -0.2) is 22.5 Å². The van der Waals surface area contributed by atoms with Gasteiger partial charge in [-0.05, 0) is 90.7 Å². The number of nitrogens with zero attached hydrogens (tertiary/aromatic N) is 5. The normalized spacial score (nSPS) is 16.3. The number of aromatic nitrogens is 3. The number of aliphatic imine (C=N–C) groups is 1. The van der Waals surface area contributed by atoms with E-state index in [4.69, 9.17) is 17.0 Å². The number of hydrogen-bond acceptors (Lipinski definition) is 9. The summed E-state index contributed by atoms with van der Waals surface area (Å²) >= 11 is 9.23. The predicted molar refractivity (Wildman–Crippen MR) is 234 cm³/mol. The molecule has 20 heteroatoms. The molecule has 326 valence electrons. The Morgan fingerprint density at radius 2 is 1.83 bits per heavy atom. The monoisotopic (exact) mass is 923 g/mol. The maximum Gasteiger partial charge on any atom is 0.293 e. The number of benzene rings is 4. The molecule has 6 aromatic rings. The largest absolute Gasteiger partial charge is 0.386 e. The molecule has 8 rings (SSSR count).